The summed E-state index contributed by atoms with van der Waals surface area (Å²) in [5.74, 6) is 0.314. The molecule has 9 heteroatoms. The van der Waals surface area contributed by atoms with E-state index in [1.165, 1.54) is 0 Å². The fourth-order valence-corrected chi connectivity index (χ4v) is 5.60. The van der Waals surface area contributed by atoms with Gasteiger partial charge in [0, 0.05) is 12.8 Å². The maximum Gasteiger partial charge on any atom is 0.314 e. The fourth-order valence-electron chi connectivity index (χ4n) is 2.62. The van der Waals surface area contributed by atoms with Crippen LogP contribution in [0, 0.1) is 0 Å². The molecule has 0 spiro atoms. The summed E-state index contributed by atoms with van der Waals surface area (Å²) in [5.41, 5.74) is 0. The smallest absolute Gasteiger partial charge is 0.314 e. The van der Waals surface area contributed by atoms with Crippen molar-refractivity contribution in [3.05, 3.63) is 0 Å². The average molecular weight is 574 g/mol. The molecular weight excluding hydrogens is 515 g/mol. The van der Waals surface area contributed by atoms with Crippen LogP contribution < -0.4 is 0 Å². The van der Waals surface area contributed by atoms with Crippen LogP contribution >= 0.6 is 0 Å². The molecule has 37 heavy (non-hydrogen) atoms. The highest BCUT2D eigenvalue weighted by Gasteiger charge is 2.42. The minimum atomic E-state index is -2.18. The van der Waals surface area contributed by atoms with Crippen LogP contribution in [0.4, 0.5) is 0 Å². The Morgan fingerprint density at radius 2 is 0.892 bits per heavy atom. The normalized spacial score (nSPS) is 14.4. The molecule has 0 aromatic carbocycles. The van der Waals surface area contributed by atoms with Gasteiger partial charge in [-0.05, 0) is 67.2 Å². The van der Waals surface area contributed by atoms with Gasteiger partial charge in [0.2, 0.25) is 0 Å². The summed E-state index contributed by atoms with van der Waals surface area (Å²) in [6.07, 6.45) is 4.81. The summed E-state index contributed by atoms with van der Waals surface area (Å²) in [6.45, 7) is 32.1. The lowest BCUT2D eigenvalue weighted by molar-refractivity contribution is -0.136. The molecule has 0 unspecified atom stereocenters. The van der Waals surface area contributed by atoms with Gasteiger partial charge in [-0.15, -0.1) is 0 Å². The first-order valence-corrected chi connectivity index (χ1v) is 22.7. The second kappa shape index (κ2) is 13.4. The molecule has 0 amide bonds. The SMILES string of the molecule is CC(C)(C)[Si](C)(C)OC(=O)CCCCCCC(=NCC(=O)O[Si](C)(C)C(C)(C)C)O[Si](C)(C)C(C)(C)C. The average Bonchev–Trinajstić information content (AvgIpc) is 2.64. The summed E-state index contributed by atoms with van der Waals surface area (Å²) < 4.78 is 18.3. The molecule has 0 aliphatic rings. The number of hydrogen-bond acceptors (Lipinski definition) is 6. The van der Waals surface area contributed by atoms with Crippen molar-refractivity contribution in [3.63, 3.8) is 0 Å². The van der Waals surface area contributed by atoms with Gasteiger partial charge in [-0.2, -0.15) is 0 Å². The Morgan fingerprint density at radius 3 is 1.30 bits per heavy atom. The Kier molecular flexibility index (Phi) is 13.1. The maximum absolute atomic E-state index is 12.6. The largest absolute Gasteiger partial charge is 0.534 e. The van der Waals surface area contributed by atoms with Crippen LogP contribution in [0.1, 0.15) is 101 Å². The van der Waals surface area contributed by atoms with Crippen molar-refractivity contribution in [2.24, 2.45) is 4.99 Å². The molecular formula is C28H59NO5Si3. The zero-order valence-corrected chi connectivity index (χ0v) is 29.9. The number of aliphatic imine (C=N–C) groups is 1. The van der Waals surface area contributed by atoms with Gasteiger partial charge in [-0.1, -0.05) is 75.2 Å². The zero-order chi connectivity index (χ0) is 29.5. The second-order valence-corrected chi connectivity index (χ2v) is 29.1. The third-order valence-corrected chi connectivity index (χ3v) is 21.5. The number of carbonyl (C=O) groups is 2. The van der Waals surface area contributed by atoms with E-state index in [1.54, 1.807) is 0 Å². The third kappa shape index (κ3) is 12.6. The molecule has 0 fully saturated rings. The summed E-state index contributed by atoms with van der Waals surface area (Å²) >= 11 is 0. The predicted molar refractivity (Wildman–Crippen MR) is 165 cm³/mol. The topological polar surface area (TPSA) is 74.2 Å². The van der Waals surface area contributed by atoms with Crippen LogP contribution in [0.3, 0.4) is 0 Å². The van der Waals surface area contributed by atoms with E-state index in [1.807, 2.05) is 0 Å². The Balaban J connectivity index is 4.99. The van der Waals surface area contributed by atoms with Gasteiger partial charge in [0.05, 0.1) is 0 Å². The highest BCUT2D eigenvalue weighted by molar-refractivity contribution is 6.76. The molecule has 0 atom stereocenters. The number of carbonyl (C=O) groups excluding carboxylic acids is 2. The van der Waals surface area contributed by atoms with Gasteiger partial charge >= 0.3 is 5.97 Å². The van der Waals surface area contributed by atoms with Crippen molar-refractivity contribution in [1.29, 1.82) is 0 Å². The van der Waals surface area contributed by atoms with Crippen molar-refractivity contribution < 1.29 is 22.9 Å². The van der Waals surface area contributed by atoms with E-state index < -0.39 is 25.0 Å². The lowest BCUT2D eigenvalue weighted by Crippen LogP contribution is -2.44. The Bertz CT molecular complexity index is 785. The maximum atomic E-state index is 12.6. The molecule has 0 saturated carbocycles. The standard InChI is InChI=1S/C28H59NO5Si3/c1-26(2,3)35(10,11)32-23(29-22-25(31)34-37(14,15)28(7,8)9)20-18-16-17-19-21-24(30)33-36(12,13)27(4,5)6/h16-22H2,1-15H3. The fraction of sp³-hybridized carbons (Fsp3) is 0.893. The predicted octanol–water partition coefficient (Wildman–Crippen LogP) is 8.84. The monoisotopic (exact) mass is 573 g/mol. The Hall–Kier alpha value is -0.939. The van der Waals surface area contributed by atoms with Gasteiger partial charge in [0.1, 0.15) is 6.54 Å². The van der Waals surface area contributed by atoms with Crippen molar-refractivity contribution >= 4 is 42.8 Å². The van der Waals surface area contributed by atoms with Crippen LogP contribution in [-0.4, -0.2) is 49.3 Å². The van der Waals surface area contributed by atoms with Crippen molar-refractivity contribution in [1.82, 2.24) is 0 Å². The van der Waals surface area contributed by atoms with Crippen LogP contribution in [-0.2, 0) is 22.9 Å². The number of unbranched alkanes of at least 4 members (excludes halogenated alkanes) is 3. The van der Waals surface area contributed by atoms with Gasteiger partial charge in [-0.25, -0.2) is 4.99 Å². The summed E-state index contributed by atoms with van der Waals surface area (Å²) in [5, 5.41) is 0.0313. The van der Waals surface area contributed by atoms with E-state index in [2.05, 4.69) is 107 Å². The zero-order valence-electron chi connectivity index (χ0n) is 26.9. The van der Waals surface area contributed by atoms with Crippen LogP contribution in [0.2, 0.25) is 54.4 Å². The first kappa shape index (κ1) is 36.1. The number of hydrogen-bond donors (Lipinski definition) is 0. The van der Waals surface area contributed by atoms with Gasteiger partial charge < -0.3 is 13.3 Å². The highest BCUT2D eigenvalue weighted by Crippen LogP contribution is 2.38. The first-order valence-electron chi connectivity index (χ1n) is 14.0. The second-order valence-electron chi connectivity index (χ2n) is 15.0. The van der Waals surface area contributed by atoms with E-state index in [9.17, 15) is 9.59 Å². The lowest BCUT2D eigenvalue weighted by Gasteiger charge is -2.37. The molecule has 0 aliphatic carbocycles. The van der Waals surface area contributed by atoms with E-state index >= 15 is 0 Å². The molecule has 0 saturated heterocycles. The minimum absolute atomic E-state index is 0.00421. The molecule has 0 aliphatic heterocycles. The van der Waals surface area contributed by atoms with Gasteiger partial charge in [0.15, 0.2) is 5.90 Å². The molecule has 0 aromatic heterocycles. The van der Waals surface area contributed by atoms with Crippen LogP contribution in [0.5, 0.6) is 0 Å². The van der Waals surface area contributed by atoms with E-state index in [-0.39, 0.29) is 33.6 Å². The van der Waals surface area contributed by atoms with E-state index in [0.29, 0.717) is 18.7 Å². The third-order valence-electron chi connectivity index (χ3n) is 8.44. The highest BCUT2D eigenvalue weighted by atomic mass is 28.4. The van der Waals surface area contributed by atoms with Crippen molar-refractivity contribution in [2.45, 2.75) is 155 Å². The van der Waals surface area contributed by atoms with Crippen LogP contribution in [0.15, 0.2) is 4.99 Å². The first-order chi connectivity index (χ1) is 16.3. The molecule has 0 rings (SSSR count). The van der Waals surface area contributed by atoms with Crippen molar-refractivity contribution in [3.8, 4) is 0 Å². The van der Waals surface area contributed by atoms with Crippen LogP contribution in [0.25, 0.3) is 0 Å². The molecule has 6 nitrogen and oxygen atoms in total. The molecule has 0 N–H and O–H groups in total. The van der Waals surface area contributed by atoms with Gasteiger partial charge in [-0.3, -0.25) is 9.59 Å². The molecule has 218 valence electrons. The quantitative estimate of drug-likeness (QED) is 0.101. The summed E-state index contributed by atoms with van der Waals surface area (Å²) in [6, 6.07) is 0. The van der Waals surface area contributed by atoms with E-state index in [0.717, 1.165) is 25.7 Å². The van der Waals surface area contributed by atoms with E-state index in [4.69, 9.17) is 13.3 Å². The summed E-state index contributed by atoms with van der Waals surface area (Å²) in [4.78, 5) is 29.6. The summed E-state index contributed by atoms with van der Waals surface area (Å²) in [7, 11) is -6.31. The minimum Gasteiger partial charge on any atom is -0.534 e. The Morgan fingerprint density at radius 1 is 0.541 bits per heavy atom. The molecule has 0 radical (unpaired) electrons. The van der Waals surface area contributed by atoms with Gasteiger partial charge in [0.25, 0.3) is 30.9 Å². The lowest BCUT2D eigenvalue weighted by atomic mass is 10.1. The molecule has 0 bridgehead atoms. The number of rotatable bonds is 12. The number of nitrogens with zero attached hydrogens (tertiary/aromatic N) is 1. The van der Waals surface area contributed by atoms with Crippen molar-refractivity contribution in [2.75, 3.05) is 6.54 Å². The Labute approximate surface area is 232 Å². The molecule has 0 heterocycles. The molecule has 0 aromatic rings.